The van der Waals surface area contributed by atoms with E-state index in [4.69, 9.17) is 11.6 Å². The van der Waals surface area contributed by atoms with Gasteiger partial charge in [-0.25, -0.2) is 0 Å². The Labute approximate surface area is 123 Å². The molecule has 0 aliphatic heterocycles. The average molecular weight is 293 g/mol. The lowest BCUT2D eigenvalue weighted by Gasteiger charge is -2.13. The molecule has 20 heavy (non-hydrogen) atoms. The second kappa shape index (κ2) is 6.09. The Morgan fingerprint density at radius 2 is 2.05 bits per heavy atom. The Morgan fingerprint density at radius 3 is 2.60 bits per heavy atom. The topological polar surface area (TPSA) is 55.1 Å². The average Bonchev–Trinajstić information content (AvgIpc) is 2.85. The Bertz CT molecular complexity index is 607. The summed E-state index contributed by atoms with van der Waals surface area (Å²) < 4.78 is 1.82. The monoisotopic (exact) mass is 292 g/mol. The van der Waals surface area contributed by atoms with E-state index in [-0.39, 0.29) is 6.04 Å². The third kappa shape index (κ3) is 3.20. The lowest BCUT2D eigenvalue weighted by molar-refractivity contribution is -0.138. The van der Waals surface area contributed by atoms with Crippen molar-refractivity contribution in [2.75, 3.05) is 0 Å². The van der Waals surface area contributed by atoms with Gasteiger partial charge in [0.25, 0.3) is 0 Å². The van der Waals surface area contributed by atoms with Crippen LogP contribution in [0.25, 0.3) is 0 Å². The van der Waals surface area contributed by atoms with Crippen molar-refractivity contribution in [3.05, 3.63) is 52.8 Å². The Hall–Kier alpha value is -1.81. The molecule has 0 saturated heterocycles. The fourth-order valence-corrected chi connectivity index (χ4v) is 2.34. The molecular weight excluding hydrogens is 276 g/mol. The van der Waals surface area contributed by atoms with Gasteiger partial charge in [0.2, 0.25) is 0 Å². The van der Waals surface area contributed by atoms with Gasteiger partial charge in [0.1, 0.15) is 0 Å². The van der Waals surface area contributed by atoms with Gasteiger partial charge in [0, 0.05) is 23.7 Å². The van der Waals surface area contributed by atoms with Crippen LogP contribution in [0, 0.1) is 0 Å². The SMILES string of the molecule is CC(C)n1ccc(CC(C(=O)O)c2ccccc2Cl)n1. The minimum Gasteiger partial charge on any atom is -0.481 e. The summed E-state index contributed by atoms with van der Waals surface area (Å²) in [5.41, 5.74) is 1.38. The minimum atomic E-state index is -0.891. The van der Waals surface area contributed by atoms with Crippen LogP contribution in [0.2, 0.25) is 5.02 Å². The smallest absolute Gasteiger partial charge is 0.311 e. The molecule has 1 atom stereocenters. The van der Waals surface area contributed by atoms with E-state index in [9.17, 15) is 9.90 Å². The molecule has 106 valence electrons. The van der Waals surface area contributed by atoms with Crippen molar-refractivity contribution >= 4 is 17.6 Å². The second-order valence-corrected chi connectivity index (χ2v) is 5.40. The van der Waals surface area contributed by atoms with Crippen LogP contribution in [0.1, 0.15) is 37.1 Å². The predicted octanol–water partition coefficient (Wildman–Crippen LogP) is 3.53. The molecule has 0 amide bonds. The van der Waals surface area contributed by atoms with Crippen LogP contribution >= 0.6 is 11.6 Å². The van der Waals surface area contributed by atoms with E-state index < -0.39 is 11.9 Å². The Morgan fingerprint density at radius 1 is 1.35 bits per heavy atom. The summed E-state index contributed by atoms with van der Waals surface area (Å²) in [6.07, 6.45) is 2.20. The molecule has 0 fully saturated rings. The van der Waals surface area contributed by atoms with Crippen LogP contribution in [-0.2, 0) is 11.2 Å². The molecule has 1 heterocycles. The third-order valence-electron chi connectivity index (χ3n) is 3.18. The number of carbonyl (C=O) groups is 1. The van der Waals surface area contributed by atoms with Crippen LogP contribution in [0.3, 0.4) is 0 Å². The molecule has 5 heteroatoms. The van der Waals surface area contributed by atoms with Crippen molar-refractivity contribution in [3.63, 3.8) is 0 Å². The zero-order valence-corrected chi connectivity index (χ0v) is 12.2. The normalized spacial score (nSPS) is 12.6. The van der Waals surface area contributed by atoms with Crippen molar-refractivity contribution in [2.45, 2.75) is 32.2 Å². The summed E-state index contributed by atoms with van der Waals surface area (Å²) in [5.74, 6) is -1.57. The van der Waals surface area contributed by atoms with Gasteiger partial charge in [-0.1, -0.05) is 29.8 Å². The molecule has 0 bridgehead atoms. The van der Waals surface area contributed by atoms with Gasteiger partial charge in [-0.15, -0.1) is 0 Å². The van der Waals surface area contributed by atoms with Crippen molar-refractivity contribution in [1.82, 2.24) is 9.78 Å². The van der Waals surface area contributed by atoms with E-state index in [0.717, 1.165) is 5.69 Å². The third-order valence-corrected chi connectivity index (χ3v) is 3.53. The van der Waals surface area contributed by atoms with E-state index in [1.54, 1.807) is 24.3 Å². The van der Waals surface area contributed by atoms with Gasteiger partial charge in [-0.05, 0) is 31.5 Å². The van der Waals surface area contributed by atoms with Gasteiger partial charge in [-0.2, -0.15) is 5.10 Å². The fraction of sp³-hybridized carbons (Fsp3) is 0.333. The maximum atomic E-state index is 11.5. The molecule has 1 aromatic heterocycles. The van der Waals surface area contributed by atoms with E-state index in [1.807, 2.05) is 30.8 Å². The summed E-state index contributed by atoms with van der Waals surface area (Å²) >= 11 is 6.10. The molecule has 0 spiro atoms. The van der Waals surface area contributed by atoms with Gasteiger partial charge in [0.05, 0.1) is 11.6 Å². The van der Waals surface area contributed by atoms with Crippen LogP contribution in [-0.4, -0.2) is 20.9 Å². The number of nitrogens with zero attached hydrogens (tertiary/aromatic N) is 2. The number of aromatic nitrogens is 2. The summed E-state index contributed by atoms with van der Waals surface area (Å²) in [4.78, 5) is 11.5. The first kappa shape index (κ1) is 14.6. The second-order valence-electron chi connectivity index (χ2n) is 5.00. The van der Waals surface area contributed by atoms with Crippen molar-refractivity contribution in [1.29, 1.82) is 0 Å². The number of aliphatic carboxylic acids is 1. The number of rotatable bonds is 5. The first-order chi connectivity index (χ1) is 9.49. The first-order valence-electron chi connectivity index (χ1n) is 6.50. The zero-order chi connectivity index (χ0) is 14.7. The van der Waals surface area contributed by atoms with Crippen molar-refractivity contribution in [2.24, 2.45) is 0 Å². The molecule has 2 aromatic rings. The van der Waals surface area contributed by atoms with E-state index >= 15 is 0 Å². The van der Waals surface area contributed by atoms with E-state index in [0.29, 0.717) is 17.0 Å². The molecule has 1 aromatic carbocycles. The first-order valence-corrected chi connectivity index (χ1v) is 6.88. The van der Waals surface area contributed by atoms with Crippen LogP contribution < -0.4 is 0 Å². The van der Waals surface area contributed by atoms with Gasteiger partial charge < -0.3 is 5.11 Å². The molecule has 1 unspecified atom stereocenters. The van der Waals surface area contributed by atoms with Gasteiger partial charge in [0.15, 0.2) is 0 Å². The highest BCUT2D eigenvalue weighted by Gasteiger charge is 2.23. The summed E-state index contributed by atoms with van der Waals surface area (Å²) in [5, 5.41) is 14.3. The van der Waals surface area contributed by atoms with Crippen LogP contribution in [0.5, 0.6) is 0 Å². The zero-order valence-electron chi connectivity index (χ0n) is 11.5. The molecule has 0 aliphatic carbocycles. The predicted molar refractivity (Wildman–Crippen MR) is 78.1 cm³/mol. The summed E-state index contributed by atoms with van der Waals surface area (Å²) in [6.45, 7) is 4.05. The number of hydrogen-bond acceptors (Lipinski definition) is 2. The summed E-state index contributed by atoms with van der Waals surface area (Å²) in [7, 11) is 0. The molecule has 0 radical (unpaired) electrons. The van der Waals surface area contributed by atoms with E-state index in [2.05, 4.69) is 5.10 Å². The Balaban J connectivity index is 2.26. The highest BCUT2D eigenvalue weighted by molar-refractivity contribution is 6.31. The highest BCUT2D eigenvalue weighted by atomic mass is 35.5. The lowest BCUT2D eigenvalue weighted by atomic mass is 9.94. The van der Waals surface area contributed by atoms with Crippen molar-refractivity contribution < 1.29 is 9.90 Å². The standard InChI is InChI=1S/C15H17ClN2O2/c1-10(2)18-8-7-11(17-18)9-13(15(19)20)12-5-3-4-6-14(12)16/h3-8,10,13H,9H2,1-2H3,(H,19,20). The Kier molecular flexibility index (Phi) is 4.45. The van der Waals surface area contributed by atoms with Gasteiger partial charge in [-0.3, -0.25) is 9.48 Å². The molecule has 0 aliphatic rings. The number of halogens is 1. The largest absolute Gasteiger partial charge is 0.481 e. The quantitative estimate of drug-likeness (QED) is 0.917. The highest BCUT2D eigenvalue weighted by Crippen LogP contribution is 2.27. The number of hydrogen-bond donors (Lipinski definition) is 1. The van der Waals surface area contributed by atoms with Crippen LogP contribution in [0.15, 0.2) is 36.5 Å². The number of benzene rings is 1. The van der Waals surface area contributed by atoms with Gasteiger partial charge >= 0.3 is 5.97 Å². The maximum Gasteiger partial charge on any atom is 0.311 e. The number of carboxylic acids is 1. The molecule has 1 N–H and O–H groups in total. The molecule has 0 saturated carbocycles. The molecular formula is C15H17ClN2O2. The van der Waals surface area contributed by atoms with Crippen molar-refractivity contribution in [3.8, 4) is 0 Å². The minimum absolute atomic E-state index is 0.257. The number of carboxylic acid groups (broad SMARTS) is 1. The lowest BCUT2D eigenvalue weighted by Crippen LogP contribution is -2.15. The van der Waals surface area contributed by atoms with E-state index in [1.165, 1.54) is 0 Å². The summed E-state index contributed by atoms with van der Waals surface area (Å²) in [6, 6.07) is 9.15. The van der Waals surface area contributed by atoms with Crippen LogP contribution in [0.4, 0.5) is 0 Å². The molecule has 4 nitrogen and oxygen atoms in total. The fourth-order valence-electron chi connectivity index (χ4n) is 2.07. The molecule has 2 rings (SSSR count). The maximum absolute atomic E-state index is 11.5.